The van der Waals surface area contributed by atoms with E-state index in [1.807, 2.05) is 11.8 Å². The lowest BCUT2D eigenvalue weighted by Gasteiger charge is -2.18. The molecule has 0 unspecified atom stereocenters. The molecule has 0 amide bonds. The molecular weight excluding hydrogens is 251 g/mol. The average Bonchev–Trinajstić information content (AvgIpc) is 2.65. The summed E-state index contributed by atoms with van der Waals surface area (Å²) in [5.74, 6) is 1.94. The maximum atomic E-state index is 12.7. The second kappa shape index (κ2) is 6.85. The molecule has 1 aromatic rings. The van der Waals surface area contributed by atoms with Gasteiger partial charge in [-0.1, -0.05) is 0 Å². The molecule has 0 spiro atoms. The van der Waals surface area contributed by atoms with Crippen molar-refractivity contribution in [3.05, 3.63) is 29.8 Å². The third-order valence-electron chi connectivity index (χ3n) is 2.98. The number of hydrogen-bond donors (Lipinski definition) is 0. The molecule has 1 aliphatic heterocycles. The molecule has 2 heterocycles. The second-order valence-electron chi connectivity index (χ2n) is 4.34. The van der Waals surface area contributed by atoms with Crippen molar-refractivity contribution >= 4 is 17.5 Å². The third-order valence-corrected chi connectivity index (χ3v) is 4.03. The van der Waals surface area contributed by atoms with Crippen LogP contribution >= 0.6 is 11.8 Å². The van der Waals surface area contributed by atoms with Gasteiger partial charge >= 0.3 is 0 Å². The van der Waals surface area contributed by atoms with Gasteiger partial charge in [-0.25, -0.2) is 4.39 Å². The van der Waals surface area contributed by atoms with Gasteiger partial charge in [0.05, 0.1) is 6.20 Å². The lowest BCUT2D eigenvalue weighted by Crippen LogP contribution is -2.28. The average molecular weight is 268 g/mol. The van der Waals surface area contributed by atoms with Gasteiger partial charge in [0.15, 0.2) is 5.78 Å². The summed E-state index contributed by atoms with van der Waals surface area (Å²) in [7, 11) is 0. The van der Waals surface area contributed by atoms with Crippen LogP contribution in [0.4, 0.5) is 4.39 Å². The van der Waals surface area contributed by atoms with Crippen LogP contribution in [-0.2, 0) is 0 Å². The lowest BCUT2D eigenvalue weighted by atomic mass is 10.2. The van der Waals surface area contributed by atoms with Gasteiger partial charge in [-0.05, 0) is 30.9 Å². The molecule has 1 aliphatic rings. The van der Waals surface area contributed by atoms with E-state index >= 15 is 0 Å². The Morgan fingerprint density at radius 2 is 2.28 bits per heavy atom. The molecule has 1 fully saturated rings. The van der Waals surface area contributed by atoms with Gasteiger partial charge < -0.3 is 4.90 Å². The summed E-state index contributed by atoms with van der Waals surface area (Å²) in [5, 5.41) is 0. The maximum Gasteiger partial charge on any atom is 0.182 e. The lowest BCUT2D eigenvalue weighted by molar-refractivity contribution is 0.0961. The molecule has 98 valence electrons. The number of aromatic nitrogens is 1. The molecule has 3 nitrogen and oxygen atoms in total. The molecule has 0 aromatic carbocycles. The Kier molecular flexibility index (Phi) is 5.13. The fraction of sp³-hybridized carbons (Fsp3) is 0.538. The molecule has 1 saturated heterocycles. The largest absolute Gasteiger partial charge is 0.302 e. The van der Waals surface area contributed by atoms with Crippen LogP contribution in [0.15, 0.2) is 18.3 Å². The summed E-state index contributed by atoms with van der Waals surface area (Å²) < 4.78 is 12.7. The zero-order valence-electron chi connectivity index (χ0n) is 10.3. The number of ketones is 1. The number of carbonyl (C=O) groups is 1. The van der Waals surface area contributed by atoms with Crippen molar-refractivity contribution in [1.29, 1.82) is 0 Å². The number of pyridine rings is 1. The molecule has 0 bridgehead atoms. The van der Waals surface area contributed by atoms with Crippen LogP contribution in [0.2, 0.25) is 0 Å². The number of halogens is 1. The molecule has 5 heteroatoms. The summed E-state index contributed by atoms with van der Waals surface area (Å²) in [4.78, 5) is 18.0. The first kappa shape index (κ1) is 13.5. The van der Waals surface area contributed by atoms with E-state index in [0.717, 1.165) is 31.6 Å². The van der Waals surface area contributed by atoms with Crippen molar-refractivity contribution < 1.29 is 9.18 Å². The Bertz CT molecular complexity index is 388. The first-order valence-corrected chi connectivity index (χ1v) is 7.36. The number of Topliss-reactive ketones (excluding diaryl/α,β-unsaturated/α-hetero) is 1. The quantitative estimate of drug-likeness (QED) is 0.784. The minimum absolute atomic E-state index is 0.00750. The van der Waals surface area contributed by atoms with Gasteiger partial charge in [0.1, 0.15) is 11.5 Å². The Balaban J connectivity index is 1.82. The number of thioether (sulfide) groups is 1. The predicted octanol–water partition coefficient (Wildman–Crippen LogP) is 2.23. The minimum Gasteiger partial charge on any atom is -0.302 e. The van der Waals surface area contributed by atoms with Crippen LogP contribution in [0.1, 0.15) is 23.3 Å². The number of nitrogens with zero attached hydrogens (tertiary/aromatic N) is 2. The number of carbonyl (C=O) groups excluding carboxylic acids is 1. The van der Waals surface area contributed by atoms with Crippen molar-refractivity contribution in [2.45, 2.75) is 12.8 Å². The van der Waals surface area contributed by atoms with Crippen molar-refractivity contribution in [2.75, 3.05) is 31.1 Å². The van der Waals surface area contributed by atoms with Crippen LogP contribution in [0, 0.1) is 5.82 Å². The topological polar surface area (TPSA) is 33.2 Å². The molecule has 0 atom stereocenters. The molecule has 0 aliphatic carbocycles. The van der Waals surface area contributed by atoms with E-state index in [-0.39, 0.29) is 5.78 Å². The molecule has 18 heavy (non-hydrogen) atoms. The Morgan fingerprint density at radius 3 is 3.06 bits per heavy atom. The van der Waals surface area contributed by atoms with Crippen LogP contribution in [0.5, 0.6) is 0 Å². The maximum absolute atomic E-state index is 12.7. The SMILES string of the molecule is O=C(CCN1CCCSCC1)c1ccc(F)cn1. The van der Waals surface area contributed by atoms with Gasteiger partial charge in [0, 0.05) is 25.3 Å². The first-order chi connectivity index (χ1) is 8.75. The summed E-state index contributed by atoms with van der Waals surface area (Å²) in [6, 6.07) is 2.73. The van der Waals surface area contributed by atoms with E-state index < -0.39 is 5.82 Å². The molecule has 0 radical (unpaired) electrons. The normalized spacial score (nSPS) is 17.4. The van der Waals surface area contributed by atoms with E-state index in [1.165, 1.54) is 24.3 Å². The van der Waals surface area contributed by atoms with E-state index in [1.54, 1.807) is 0 Å². The highest BCUT2D eigenvalue weighted by Crippen LogP contribution is 2.11. The summed E-state index contributed by atoms with van der Waals surface area (Å²) in [5.41, 5.74) is 0.362. The summed E-state index contributed by atoms with van der Waals surface area (Å²) in [6.45, 7) is 2.89. The molecule has 1 aromatic heterocycles. The fourth-order valence-electron chi connectivity index (χ4n) is 1.95. The monoisotopic (exact) mass is 268 g/mol. The first-order valence-electron chi connectivity index (χ1n) is 6.20. The predicted molar refractivity (Wildman–Crippen MR) is 71.5 cm³/mol. The van der Waals surface area contributed by atoms with E-state index in [4.69, 9.17) is 0 Å². The Morgan fingerprint density at radius 1 is 1.39 bits per heavy atom. The standard InChI is InChI=1S/C13H17FN2OS/c14-11-2-3-12(15-10-11)13(17)4-6-16-5-1-8-18-9-7-16/h2-3,10H,1,4-9H2. The smallest absolute Gasteiger partial charge is 0.182 e. The van der Waals surface area contributed by atoms with Gasteiger partial charge in [-0.3, -0.25) is 9.78 Å². The number of rotatable bonds is 4. The van der Waals surface area contributed by atoms with Crippen molar-refractivity contribution in [3.63, 3.8) is 0 Å². The molecular formula is C13H17FN2OS. The molecule has 2 rings (SSSR count). The van der Waals surface area contributed by atoms with Crippen LogP contribution in [-0.4, -0.2) is 46.8 Å². The highest BCUT2D eigenvalue weighted by molar-refractivity contribution is 7.99. The summed E-state index contributed by atoms with van der Waals surface area (Å²) in [6.07, 6.45) is 2.74. The van der Waals surface area contributed by atoms with Crippen LogP contribution < -0.4 is 0 Å². The zero-order chi connectivity index (χ0) is 12.8. The molecule has 0 N–H and O–H groups in total. The Hall–Kier alpha value is -0.940. The van der Waals surface area contributed by atoms with Crippen LogP contribution in [0.3, 0.4) is 0 Å². The van der Waals surface area contributed by atoms with E-state index in [2.05, 4.69) is 9.88 Å². The third kappa shape index (κ3) is 4.07. The highest BCUT2D eigenvalue weighted by Gasteiger charge is 2.12. The highest BCUT2D eigenvalue weighted by atomic mass is 32.2. The van der Waals surface area contributed by atoms with Crippen molar-refractivity contribution in [1.82, 2.24) is 9.88 Å². The van der Waals surface area contributed by atoms with Crippen molar-refractivity contribution in [3.8, 4) is 0 Å². The van der Waals surface area contributed by atoms with Gasteiger partial charge in [0.25, 0.3) is 0 Å². The van der Waals surface area contributed by atoms with Gasteiger partial charge in [-0.2, -0.15) is 11.8 Å². The van der Waals surface area contributed by atoms with Gasteiger partial charge in [0.2, 0.25) is 0 Å². The minimum atomic E-state index is -0.406. The van der Waals surface area contributed by atoms with Crippen molar-refractivity contribution in [2.24, 2.45) is 0 Å². The van der Waals surface area contributed by atoms with E-state index in [0.29, 0.717) is 12.1 Å². The number of hydrogen-bond acceptors (Lipinski definition) is 4. The zero-order valence-corrected chi connectivity index (χ0v) is 11.1. The van der Waals surface area contributed by atoms with E-state index in [9.17, 15) is 9.18 Å². The van der Waals surface area contributed by atoms with Gasteiger partial charge in [-0.15, -0.1) is 0 Å². The molecule has 0 saturated carbocycles. The summed E-state index contributed by atoms with van der Waals surface area (Å²) >= 11 is 1.97. The fourth-order valence-corrected chi connectivity index (χ4v) is 2.87. The van der Waals surface area contributed by atoms with Crippen LogP contribution in [0.25, 0.3) is 0 Å². The second-order valence-corrected chi connectivity index (χ2v) is 5.57. The Labute approximate surface area is 111 Å².